The lowest BCUT2D eigenvalue weighted by Gasteiger charge is -2.14. The number of hydrogen-bond acceptors (Lipinski definition) is 5. The van der Waals surface area contributed by atoms with E-state index in [2.05, 4.69) is 23.3 Å². The van der Waals surface area contributed by atoms with E-state index in [1.54, 1.807) is 12.3 Å². The highest BCUT2D eigenvalue weighted by Crippen LogP contribution is 2.52. The van der Waals surface area contributed by atoms with Crippen LogP contribution in [0, 0.1) is 35.0 Å². The molecule has 2 amide bonds. The molecule has 2 aliphatic carbocycles. The molecule has 0 N–H and O–H groups in total. The van der Waals surface area contributed by atoms with Crippen LogP contribution in [0.25, 0.3) is 10.8 Å². The van der Waals surface area contributed by atoms with Crippen LogP contribution >= 0.6 is 0 Å². The van der Waals surface area contributed by atoms with Gasteiger partial charge in [-0.15, -0.1) is 0 Å². The first kappa shape index (κ1) is 20.4. The van der Waals surface area contributed by atoms with Crippen molar-refractivity contribution in [1.82, 2.24) is 5.01 Å². The third kappa shape index (κ3) is 3.12. The molecule has 6 nitrogen and oxygen atoms in total. The average Bonchev–Trinajstić information content (AvgIpc) is 3.56. The summed E-state index contributed by atoms with van der Waals surface area (Å²) in [5.74, 6) is -0.152. The molecule has 1 heterocycles. The Morgan fingerprint density at radius 1 is 0.971 bits per heavy atom. The van der Waals surface area contributed by atoms with Crippen LogP contribution in [-0.4, -0.2) is 23.0 Å². The summed E-state index contributed by atoms with van der Waals surface area (Å²) >= 11 is 0. The molecule has 3 aromatic rings. The minimum Gasteiger partial charge on any atom is -0.488 e. The second-order valence-corrected chi connectivity index (χ2v) is 8.99. The lowest BCUT2D eigenvalue weighted by atomic mass is 9.85. The number of imide groups is 1. The van der Waals surface area contributed by atoms with Crippen molar-refractivity contribution in [1.29, 1.82) is 5.26 Å². The summed E-state index contributed by atoms with van der Waals surface area (Å²) in [6.07, 6.45) is 6.58. The molecule has 1 aliphatic heterocycles. The van der Waals surface area contributed by atoms with Crippen LogP contribution in [0.15, 0.2) is 77.9 Å². The Morgan fingerprint density at radius 2 is 1.68 bits per heavy atom. The maximum Gasteiger partial charge on any atom is 0.254 e. The van der Waals surface area contributed by atoms with Gasteiger partial charge < -0.3 is 4.74 Å². The first-order valence-electron chi connectivity index (χ1n) is 11.4. The zero-order chi connectivity index (χ0) is 23.2. The number of carbonyl (C=O) groups is 2. The Labute approximate surface area is 196 Å². The van der Waals surface area contributed by atoms with Crippen LogP contribution in [0.5, 0.6) is 5.75 Å². The van der Waals surface area contributed by atoms with E-state index in [9.17, 15) is 14.9 Å². The summed E-state index contributed by atoms with van der Waals surface area (Å²) in [5, 5.41) is 16.7. The van der Waals surface area contributed by atoms with E-state index in [1.807, 2.05) is 54.6 Å². The van der Waals surface area contributed by atoms with Gasteiger partial charge in [-0.05, 0) is 41.2 Å². The Bertz CT molecular complexity index is 1400. The van der Waals surface area contributed by atoms with Gasteiger partial charge in [-0.25, -0.2) is 0 Å². The molecule has 166 valence electrons. The maximum atomic E-state index is 13.0. The lowest BCUT2D eigenvalue weighted by molar-refractivity contribution is -0.140. The van der Waals surface area contributed by atoms with E-state index in [-0.39, 0.29) is 42.1 Å². The van der Waals surface area contributed by atoms with Crippen molar-refractivity contribution < 1.29 is 14.3 Å². The van der Waals surface area contributed by atoms with Crippen molar-refractivity contribution in [2.75, 3.05) is 0 Å². The van der Waals surface area contributed by atoms with Crippen LogP contribution in [0.3, 0.4) is 0 Å². The molecule has 3 aromatic carbocycles. The Balaban J connectivity index is 1.34. The van der Waals surface area contributed by atoms with Crippen molar-refractivity contribution in [2.24, 2.45) is 28.8 Å². The number of fused-ring (bicyclic) bond motifs is 6. The second kappa shape index (κ2) is 7.96. The van der Waals surface area contributed by atoms with Gasteiger partial charge in [-0.1, -0.05) is 60.7 Å². The van der Waals surface area contributed by atoms with Gasteiger partial charge in [0.2, 0.25) is 0 Å². The molecule has 0 aromatic heterocycles. The molecule has 3 aliphatic rings. The van der Waals surface area contributed by atoms with Crippen molar-refractivity contribution >= 4 is 28.8 Å². The Hall–Kier alpha value is -4.24. The molecule has 1 saturated carbocycles. The number of carbonyl (C=O) groups excluding carboxylic acids is 2. The van der Waals surface area contributed by atoms with Gasteiger partial charge in [0.1, 0.15) is 12.4 Å². The fraction of sp³-hybridized carbons (Fsp3) is 0.214. The number of amides is 2. The molecule has 6 heteroatoms. The molecule has 0 radical (unpaired) electrons. The van der Waals surface area contributed by atoms with Gasteiger partial charge in [-0.3, -0.25) is 9.59 Å². The zero-order valence-electron chi connectivity index (χ0n) is 18.3. The Kier molecular flexibility index (Phi) is 4.77. The lowest BCUT2D eigenvalue weighted by Crippen LogP contribution is -2.28. The molecule has 4 atom stereocenters. The van der Waals surface area contributed by atoms with Crippen molar-refractivity contribution in [3.63, 3.8) is 0 Å². The third-order valence-electron chi connectivity index (χ3n) is 7.20. The van der Waals surface area contributed by atoms with E-state index in [0.29, 0.717) is 16.9 Å². The molecular weight excluding hydrogens is 426 g/mol. The van der Waals surface area contributed by atoms with Crippen molar-refractivity contribution in [3.05, 3.63) is 89.5 Å². The first-order chi connectivity index (χ1) is 16.7. The Morgan fingerprint density at radius 3 is 2.44 bits per heavy atom. The number of hydrogen-bond donors (Lipinski definition) is 0. The second-order valence-electron chi connectivity index (χ2n) is 8.99. The minimum absolute atomic E-state index is 0.142. The summed E-state index contributed by atoms with van der Waals surface area (Å²) in [6.45, 7) is 0.212. The van der Waals surface area contributed by atoms with Crippen LogP contribution in [0.1, 0.15) is 23.1 Å². The fourth-order valence-corrected chi connectivity index (χ4v) is 5.56. The van der Waals surface area contributed by atoms with Crippen LogP contribution in [-0.2, 0) is 16.2 Å². The number of ether oxygens (including phenoxy) is 1. The molecule has 2 bridgehead atoms. The van der Waals surface area contributed by atoms with E-state index >= 15 is 0 Å². The molecule has 6 rings (SSSR count). The molecule has 34 heavy (non-hydrogen) atoms. The largest absolute Gasteiger partial charge is 0.488 e. The van der Waals surface area contributed by atoms with Crippen LogP contribution < -0.4 is 4.74 Å². The van der Waals surface area contributed by atoms with E-state index < -0.39 is 0 Å². The van der Waals surface area contributed by atoms with Crippen molar-refractivity contribution in [3.8, 4) is 11.8 Å². The highest BCUT2D eigenvalue weighted by Gasteiger charge is 2.59. The fourth-order valence-electron chi connectivity index (χ4n) is 5.56. The highest BCUT2D eigenvalue weighted by atomic mass is 16.5. The van der Waals surface area contributed by atoms with Crippen molar-refractivity contribution in [2.45, 2.75) is 13.0 Å². The standard InChI is InChI=1S/C28H21N3O3/c29-14-20-6-1-2-7-21(20)16-34-24-12-11-17-5-3-4-8-22(17)23(24)15-30-31-27(32)25-18-9-10-19(13-18)26(25)28(31)33/h1-12,15,18-19,25-26H,13,16H2/t18-,19-,25-,26+/m0/s1. The summed E-state index contributed by atoms with van der Waals surface area (Å²) in [7, 11) is 0. The van der Waals surface area contributed by atoms with Gasteiger partial charge in [0.25, 0.3) is 11.8 Å². The number of rotatable bonds is 5. The summed E-state index contributed by atoms with van der Waals surface area (Å²) in [5.41, 5.74) is 2.02. The monoisotopic (exact) mass is 447 g/mol. The normalized spacial score (nSPS) is 24.9. The summed E-state index contributed by atoms with van der Waals surface area (Å²) in [6, 6.07) is 21.1. The van der Waals surface area contributed by atoms with E-state index in [4.69, 9.17) is 4.74 Å². The first-order valence-corrected chi connectivity index (χ1v) is 11.4. The highest BCUT2D eigenvalue weighted by molar-refractivity contribution is 6.08. The maximum absolute atomic E-state index is 13.0. The number of nitriles is 1. The number of benzene rings is 3. The number of nitrogens with zero attached hydrogens (tertiary/aromatic N) is 3. The van der Waals surface area contributed by atoms with Crippen LogP contribution in [0.2, 0.25) is 0 Å². The predicted molar refractivity (Wildman–Crippen MR) is 127 cm³/mol. The molecule has 0 unspecified atom stereocenters. The van der Waals surface area contributed by atoms with Gasteiger partial charge in [0, 0.05) is 11.1 Å². The number of hydrazone groups is 1. The summed E-state index contributed by atoms with van der Waals surface area (Å²) in [4.78, 5) is 26.1. The molecular formula is C28H21N3O3. The quantitative estimate of drug-likeness (QED) is 0.329. The van der Waals surface area contributed by atoms with Gasteiger partial charge in [0.15, 0.2) is 0 Å². The summed E-state index contributed by atoms with van der Waals surface area (Å²) < 4.78 is 6.12. The SMILES string of the molecule is N#Cc1ccccc1COc1ccc2ccccc2c1C=NN1C(=O)[C@@H]2[C@H](C1=O)[C@H]1C=C[C@H]2C1. The third-order valence-corrected chi connectivity index (χ3v) is 7.20. The molecule has 1 saturated heterocycles. The van der Waals surface area contributed by atoms with E-state index in [1.165, 1.54) is 0 Å². The predicted octanol–water partition coefficient (Wildman–Crippen LogP) is 4.43. The van der Waals surface area contributed by atoms with Gasteiger partial charge >= 0.3 is 0 Å². The van der Waals surface area contributed by atoms with Gasteiger partial charge in [-0.2, -0.15) is 15.4 Å². The minimum atomic E-state index is -0.287. The number of allylic oxidation sites excluding steroid dienone is 2. The van der Waals surface area contributed by atoms with Crippen LogP contribution in [0.4, 0.5) is 0 Å². The van der Waals surface area contributed by atoms with Gasteiger partial charge in [0.05, 0.1) is 29.7 Å². The molecule has 0 spiro atoms. The topological polar surface area (TPSA) is 82.8 Å². The average molecular weight is 447 g/mol. The smallest absolute Gasteiger partial charge is 0.254 e. The molecule has 2 fully saturated rings. The van der Waals surface area contributed by atoms with E-state index in [0.717, 1.165) is 27.8 Å². The zero-order valence-corrected chi connectivity index (χ0v) is 18.3.